The highest BCUT2D eigenvalue weighted by Gasteiger charge is 2.14. The predicted molar refractivity (Wildman–Crippen MR) is 90.2 cm³/mol. The fourth-order valence-corrected chi connectivity index (χ4v) is 2.55. The zero-order valence-corrected chi connectivity index (χ0v) is 13.5. The van der Waals surface area contributed by atoms with Crippen molar-refractivity contribution in [3.63, 3.8) is 0 Å². The Hall–Kier alpha value is -2.20. The van der Waals surface area contributed by atoms with Crippen molar-refractivity contribution in [2.45, 2.75) is 20.0 Å². The van der Waals surface area contributed by atoms with Crippen LogP contribution in [0.15, 0.2) is 42.5 Å². The highest BCUT2D eigenvalue weighted by atomic mass is 16.5. The molecule has 0 aromatic heterocycles. The van der Waals surface area contributed by atoms with Crippen LogP contribution in [0.3, 0.4) is 0 Å². The lowest BCUT2D eigenvalue weighted by molar-refractivity contribution is 0.264. The Morgan fingerprint density at radius 2 is 1.73 bits per heavy atom. The first-order valence-electron chi connectivity index (χ1n) is 7.44. The maximum atomic E-state index is 5.97. The van der Waals surface area contributed by atoms with Gasteiger partial charge in [0.25, 0.3) is 0 Å². The number of ether oxygens (including phenoxy) is 2. The first-order valence-corrected chi connectivity index (χ1v) is 7.44. The first kappa shape index (κ1) is 16.2. The van der Waals surface area contributed by atoms with Gasteiger partial charge in [-0.25, -0.2) is 0 Å². The highest BCUT2D eigenvalue weighted by molar-refractivity contribution is 5.57. The molecule has 0 saturated carbocycles. The van der Waals surface area contributed by atoms with Crippen LogP contribution in [-0.4, -0.2) is 25.7 Å². The molecule has 0 heterocycles. The third-order valence-electron chi connectivity index (χ3n) is 3.67. The number of rotatable bonds is 7. The summed E-state index contributed by atoms with van der Waals surface area (Å²) in [5.41, 5.74) is 8.99. The zero-order chi connectivity index (χ0) is 15.9. The van der Waals surface area contributed by atoms with Gasteiger partial charge in [-0.2, -0.15) is 0 Å². The van der Waals surface area contributed by atoms with Gasteiger partial charge < -0.3 is 15.2 Å². The number of anilines is 1. The number of hydrogen-bond acceptors (Lipinski definition) is 4. The minimum atomic E-state index is 0.674. The fourth-order valence-electron chi connectivity index (χ4n) is 2.55. The van der Waals surface area contributed by atoms with E-state index in [1.54, 1.807) is 20.3 Å². The summed E-state index contributed by atoms with van der Waals surface area (Å²) in [5.74, 6) is 1.43. The van der Waals surface area contributed by atoms with E-state index in [4.69, 9.17) is 15.2 Å². The van der Waals surface area contributed by atoms with E-state index in [0.29, 0.717) is 11.4 Å². The second-order valence-electron chi connectivity index (χ2n) is 5.20. The smallest absolute Gasteiger partial charge is 0.165 e. The molecular formula is C18H24N2O2. The Balaban J connectivity index is 2.22. The molecule has 2 N–H and O–H groups in total. The molecule has 0 atom stereocenters. The maximum absolute atomic E-state index is 5.97. The molecule has 2 rings (SSSR count). The monoisotopic (exact) mass is 300 g/mol. The van der Waals surface area contributed by atoms with Crippen molar-refractivity contribution < 1.29 is 9.47 Å². The molecule has 22 heavy (non-hydrogen) atoms. The second-order valence-corrected chi connectivity index (χ2v) is 5.20. The van der Waals surface area contributed by atoms with Crippen LogP contribution in [0.1, 0.15) is 18.1 Å². The van der Waals surface area contributed by atoms with Crippen molar-refractivity contribution in [2.24, 2.45) is 0 Å². The van der Waals surface area contributed by atoms with Crippen molar-refractivity contribution in [1.82, 2.24) is 4.90 Å². The zero-order valence-electron chi connectivity index (χ0n) is 13.5. The standard InChI is InChI=1S/C18H24N2O2/c1-4-20(12-14-8-6-5-7-9-14)13-15-10-16(19)11-17(21-2)18(15)22-3/h5-11H,4,12-13,19H2,1-3H3. The van der Waals surface area contributed by atoms with Crippen LogP contribution in [0.25, 0.3) is 0 Å². The van der Waals surface area contributed by atoms with Gasteiger partial charge in [0, 0.05) is 30.4 Å². The van der Waals surface area contributed by atoms with Crippen LogP contribution in [-0.2, 0) is 13.1 Å². The molecule has 0 spiro atoms. The maximum Gasteiger partial charge on any atom is 0.165 e. The molecule has 2 aromatic rings. The van der Waals surface area contributed by atoms with Crippen LogP contribution in [0.4, 0.5) is 5.69 Å². The number of benzene rings is 2. The van der Waals surface area contributed by atoms with Crippen LogP contribution >= 0.6 is 0 Å². The van der Waals surface area contributed by atoms with Gasteiger partial charge in [0.15, 0.2) is 11.5 Å². The molecule has 0 radical (unpaired) electrons. The lowest BCUT2D eigenvalue weighted by Gasteiger charge is -2.23. The number of hydrogen-bond donors (Lipinski definition) is 1. The quantitative estimate of drug-likeness (QED) is 0.797. The lowest BCUT2D eigenvalue weighted by atomic mass is 10.1. The van der Waals surface area contributed by atoms with E-state index >= 15 is 0 Å². The molecule has 2 aromatic carbocycles. The van der Waals surface area contributed by atoms with Crippen molar-refractivity contribution in [2.75, 3.05) is 26.5 Å². The number of nitrogen functional groups attached to an aromatic ring is 1. The molecule has 118 valence electrons. The fraction of sp³-hybridized carbons (Fsp3) is 0.333. The molecule has 0 amide bonds. The van der Waals surface area contributed by atoms with E-state index in [1.165, 1.54) is 5.56 Å². The summed E-state index contributed by atoms with van der Waals surface area (Å²) in [4.78, 5) is 2.34. The van der Waals surface area contributed by atoms with Crippen LogP contribution in [0, 0.1) is 0 Å². The van der Waals surface area contributed by atoms with Gasteiger partial charge >= 0.3 is 0 Å². The third kappa shape index (κ3) is 3.92. The van der Waals surface area contributed by atoms with Gasteiger partial charge in [0.05, 0.1) is 14.2 Å². The highest BCUT2D eigenvalue weighted by Crippen LogP contribution is 2.34. The second kappa shape index (κ2) is 7.71. The topological polar surface area (TPSA) is 47.7 Å². The summed E-state index contributed by atoms with van der Waals surface area (Å²) in [5, 5.41) is 0. The van der Waals surface area contributed by atoms with E-state index in [2.05, 4.69) is 36.1 Å². The van der Waals surface area contributed by atoms with E-state index in [-0.39, 0.29) is 0 Å². The van der Waals surface area contributed by atoms with E-state index in [0.717, 1.165) is 30.9 Å². The number of nitrogens with zero attached hydrogens (tertiary/aromatic N) is 1. The molecule has 0 unspecified atom stereocenters. The van der Waals surface area contributed by atoms with Crippen molar-refractivity contribution >= 4 is 5.69 Å². The summed E-state index contributed by atoms with van der Waals surface area (Å²) in [6, 6.07) is 14.2. The molecule has 0 aliphatic heterocycles. The van der Waals surface area contributed by atoms with Crippen LogP contribution in [0.5, 0.6) is 11.5 Å². The Bertz CT molecular complexity index is 600. The average molecular weight is 300 g/mol. The molecule has 0 fully saturated rings. The summed E-state index contributed by atoms with van der Waals surface area (Å²) in [6.07, 6.45) is 0. The molecule has 0 bridgehead atoms. The van der Waals surface area contributed by atoms with Gasteiger partial charge in [0.2, 0.25) is 0 Å². The van der Waals surface area contributed by atoms with Gasteiger partial charge in [0.1, 0.15) is 0 Å². The summed E-state index contributed by atoms with van der Waals surface area (Å²) in [7, 11) is 3.29. The molecule has 0 aliphatic rings. The Labute approximate surface area is 132 Å². The summed E-state index contributed by atoms with van der Waals surface area (Å²) >= 11 is 0. The predicted octanol–water partition coefficient (Wildman–Crippen LogP) is 3.31. The summed E-state index contributed by atoms with van der Waals surface area (Å²) < 4.78 is 10.9. The van der Waals surface area contributed by atoms with E-state index < -0.39 is 0 Å². The van der Waals surface area contributed by atoms with Gasteiger partial charge in [-0.05, 0) is 18.2 Å². The minimum Gasteiger partial charge on any atom is -0.493 e. The van der Waals surface area contributed by atoms with Crippen LogP contribution in [0.2, 0.25) is 0 Å². The lowest BCUT2D eigenvalue weighted by Crippen LogP contribution is -2.22. The molecule has 0 saturated heterocycles. The normalized spacial score (nSPS) is 10.7. The Kier molecular flexibility index (Phi) is 5.67. The first-order chi connectivity index (χ1) is 10.7. The number of nitrogens with two attached hydrogens (primary N) is 1. The Morgan fingerprint density at radius 3 is 2.32 bits per heavy atom. The third-order valence-corrected chi connectivity index (χ3v) is 3.67. The van der Waals surface area contributed by atoms with Gasteiger partial charge in [-0.15, -0.1) is 0 Å². The van der Waals surface area contributed by atoms with Gasteiger partial charge in [-0.1, -0.05) is 37.3 Å². The minimum absolute atomic E-state index is 0.674. The molecule has 4 heteroatoms. The number of methoxy groups -OCH3 is 2. The van der Waals surface area contributed by atoms with Gasteiger partial charge in [-0.3, -0.25) is 4.90 Å². The SMILES string of the molecule is CCN(Cc1ccccc1)Cc1cc(N)cc(OC)c1OC. The molecule has 0 aliphatic carbocycles. The molecular weight excluding hydrogens is 276 g/mol. The van der Waals surface area contributed by atoms with Crippen molar-refractivity contribution in [3.05, 3.63) is 53.6 Å². The van der Waals surface area contributed by atoms with Crippen molar-refractivity contribution in [3.8, 4) is 11.5 Å². The molecule has 4 nitrogen and oxygen atoms in total. The van der Waals surface area contributed by atoms with Crippen LogP contribution < -0.4 is 15.2 Å². The van der Waals surface area contributed by atoms with E-state index in [1.807, 2.05) is 12.1 Å². The van der Waals surface area contributed by atoms with Crippen molar-refractivity contribution in [1.29, 1.82) is 0 Å². The van der Waals surface area contributed by atoms with E-state index in [9.17, 15) is 0 Å². The largest absolute Gasteiger partial charge is 0.493 e. The average Bonchev–Trinajstić information content (AvgIpc) is 2.54. The Morgan fingerprint density at radius 1 is 1.00 bits per heavy atom. The summed E-state index contributed by atoms with van der Waals surface area (Å²) in [6.45, 7) is 4.74.